The largest absolute Gasteiger partial charge is 0.476 e. The molecule has 106 valence electrons. The van der Waals surface area contributed by atoms with Crippen LogP contribution in [0.2, 0.25) is 0 Å². The van der Waals surface area contributed by atoms with Gasteiger partial charge < -0.3 is 15.2 Å². The van der Waals surface area contributed by atoms with Crippen molar-refractivity contribution in [3.8, 4) is 0 Å². The number of nitrogens with one attached hydrogen (secondary N) is 1. The Bertz CT molecular complexity index is 458. The number of methoxy groups -OCH3 is 1. The molecule has 8 heteroatoms. The molecule has 0 aliphatic heterocycles. The highest BCUT2D eigenvalue weighted by Gasteiger charge is 2.23. The van der Waals surface area contributed by atoms with Gasteiger partial charge in [0.15, 0.2) is 5.69 Å². The molecule has 0 saturated carbocycles. The molecule has 1 heterocycles. The van der Waals surface area contributed by atoms with Gasteiger partial charge in [-0.05, 0) is 13.3 Å². The van der Waals surface area contributed by atoms with E-state index in [-0.39, 0.29) is 11.6 Å². The highest BCUT2D eigenvalue weighted by molar-refractivity contribution is 5.87. The molecule has 1 amide bonds. The molecule has 19 heavy (non-hydrogen) atoms. The average Bonchev–Trinajstić information content (AvgIpc) is 2.81. The maximum Gasteiger partial charge on any atom is 0.358 e. The highest BCUT2D eigenvalue weighted by atomic mass is 16.5. The van der Waals surface area contributed by atoms with E-state index in [0.717, 1.165) is 0 Å². The van der Waals surface area contributed by atoms with Crippen LogP contribution in [-0.2, 0) is 16.0 Å². The van der Waals surface area contributed by atoms with E-state index >= 15 is 0 Å². The number of hydrogen-bond donors (Lipinski definition) is 2. The number of carbonyl (C=O) groups is 2. The Kier molecular flexibility index (Phi) is 5.43. The van der Waals surface area contributed by atoms with Gasteiger partial charge in [0.1, 0.15) is 6.04 Å². The molecule has 0 saturated heterocycles. The fourth-order valence-corrected chi connectivity index (χ4v) is 1.66. The summed E-state index contributed by atoms with van der Waals surface area (Å²) in [6.07, 6.45) is 0.435. The van der Waals surface area contributed by atoms with Crippen LogP contribution in [0.1, 0.15) is 36.1 Å². The van der Waals surface area contributed by atoms with Crippen molar-refractivity contribution in [2.24, 2.45) is 0 Å². The summed E-state index contributed by atoms with van der Waals surface area (Å²) in [4.78, 5) is 22.8. The normalized spacial score (nSPS) is 12.2. The second-order valence-electron chi connectivity index (χ2n) is 3.95. The number of rotatable bonds is 7. The first kappa shape index (κ1) is 15.1. The Balaban J connectivity index is 2.84. The van der Waals surface area contributed by atoms with E-state index in [1.807, 2.05) is 0 Å². The lowest BCUT2D eigenvalue weighted by Crippen LogP contribution is -2.34. The minimum atomic E-state index is -1.14. The smallest absolute Gasteiger partial charge is 0.358 e. The van der Waals surface area contributed by atoms with Crippen LogP contribution < -0.4 is 5.32 Å². The van der Waals surface area contributed by atoms with Gasteiger partial charge in [0.25, 0.3) is 0 Å². The van der Waals surface area contributed by atoms with Gasteiger partial charge in [-0.2, -0.15) is 0 Å². The Morgan fingerprint density at radius 2 is 2.21 bits per heavy atom. The fraction of sp³-hybridized carbons (Fsp3) is 0.636. The maximum absolute atomic E-state index is 11.9. The zero-order valence-electron chi connectivity index (χ0n) is 11.2. The van der Waals surface area contributed by atoms with Gasteiger partial charge in [0.2, 0.25) is 5.91 Å². The van der Waals surface area contributed by atoms with Gasteiger partial charge in [0.05, 0.1) is 12.3 Å². The highest BCUT2D eigenvalue weighted by Crippen LogP contribution is 2.13. The predicted molar refractivity (Wildman–Crippen MR) is 66.0 cm³/mol. The van der Waals surface area contributed by atoms with Gasteiger partial charge in [-0.15, -0.1) is 5.10 Å². The molecule has 1 atom stereocenters. The molecule has 0 radical (unpaired) electrons. The molecule has 0 spiro atoms. The van der Waals surface area contributed by atoms with Crippen LogP contribution >= 0.6 is 0 Å². The Hall–Kier alpha value is -1.96. The van der Waals surface area contributed by atoms with Gasteiger partial charge in [-0.25, -0.2) is 9.48 Å². The van der Waals surface area contributed by atoms with Crippen molar-refractivity contribution in [2.45, 2.75) is 26.3 Å². The summed E-state index contributed by atoms with van der Waals surface area (Å²) in [7, 11) is 1.54. The van der Waals surface area contributed by atoms with Crippen molar-refractivity contribution in [1.29, 1.82) is 0 Å². The number of aromatic nitrogens is 3. The van der Waals surface area contributed by atoms with Crippen LogP contribution in [0, 0.1) is 0 Å². The van der Waals surface area contributed by atoms with E-state index in [9.17, 15) is 9.59 Å². The van der Waals surface area contributed by atoms with E-state index in [4.69, 9.17) is 9.84 Å². The van der Waals surface area contributed by atoms with Gasteiger partial charge >= 0.3 is 5.97 Å². The van der Waals surface area contributed by atoms with Crippen molar-refractivity contribution in [3.05, 3.63) is 11.4 Å². The molecule has 0 fully saturated rings. The van der Waals surface area contributed by atoms with Crippen molar-refractivity contribution in [1.82, 2.24) is 20.3 Å². The first-order valence-electron chi connectivity index (χ1n) is 5.96. The number of carbonyl (C=O) groups excluding carboxylic acids is 1. The molecule has 1 aromatic heterocycles. The summed E-state index contributed by atoms with van der Waals surface area (Å²) in [5, 5.41) is 19.0. The van der Waals surface area contributed by atoms with Crippen LogP contribution in [-0.4, -0.2) is 52.2 Å². The molecule has 1 rings (SSSR count). The first-order valence-corrected chi connectivity index (χ1v) is 5.96. The second kappa shape index (κ2) is 6.83. The summed E-state index contributed by atoms with van der Waals surface area (Å²) in [5.74, 6) is -1.40. The lowest BCUT2D eigenvalue weighted by atomic mass is 10.2. The van der Waals surface area contributed by atoms with E-state index in [2.05, 4.69) is 15.6 Å². The number of carboxylic acids is 1. The fourth-order valence-electron chi connectivity index (χ4n) is 1.66. The summed E-state index contributed by atoms with van der Waals surface area (Å²) in [5.41, 5.74) is 0.320. The molecule has 1 unspecified atom stereocenters. The number of ether oxygens (including phenoxy) is 1. The van der Waals surface area contributed by atoms with E-state index in [1.165, 1.54) is 4.68 Å². The molecular weight excluding hydrogens is 252 g/mol. The summed E-state index contributed by atoms with van der Waals surface area (Å²) in [6.45, 7) is 4.23. The van der Waals surface area contributed by atoms with Crippen molar-refractivity contribution < 1.29 is 19.4 Å². The van der Waals surface area contributed by atoms with Crippen LogP contribution in [0.5, 0.6) is 0 Å². The Morgan fingerprint density at radius 1 is 1.53 bits per heavy atom. The third-order valence-electron chi connectivity index (χ3n) is 2.68. The summed E-state index contributed by atoms with van der Waals surface area (Å²) >= 11 is 0. The molecule has 0 aliphatic rings. The molecule has 0 bridgehead atoms. The summed E-state index contributed by atoms with van der Waals surface area (Å²) < 4.78 is 6.17. The Morgan fingerprint density at radius 3 is 2.74 bits per heavy atom. The van der Waals surface area contributed by atoms with Crippen LogP contribution in [0.25, 0.3) is 0 Å². The molecule has 1 aromatic rings. The molecule has 8 nitrogen and oxygen atoms in total. The number of carboxylic acid groups (broad SMARTS) is 1. The van der Waals surface area contributed by atoms with Crippen LogP contribution in [0.4, 0.5) is 0 Å². The number of hydrogen-bond acceptors (Lipinski definition) is 5. The first-order chi connectivity index (χ1) is 9.02. The maximum atomic E-state index is 11.9. The summed E-state index contributed by atoms with van der Waals surface area (Å²) in [6, 6.07) is -0.618. The standard InChI is InChI=1S/C11H18N4O4/c1-4-8-9(11(17)18)13-14-15(8)7(2)10(16)12-5-6-19-3/h7H,4-6H2,1-3H3,(H,12,16)(H,17,18). The lowest BCUT2D eigenvalue weighted by molar-refractivity contribution is -0.124. The van der Waals surface area contributed by atoms with Gasteiger partial charge in [-0.3, -0.25) is 4.79 Å². The van der Waals surface area contributed by atoms with Crippen LogP contribution in [0.15, 0.2) is 0 Å². The van der Waals surface area contributed by atoms with E-state index in [0.29, 0.717) is 25.3 Å². The number of amides is 1. The monoisotopic (exact) mass is 270 g/mol. The van der Waals surface area contributed by atoms with E-state index in [1.54, 1.807) is 21.0 Å². The average molecular weight is 270 g/mol. The molecule has 2 N–H and O–H groups in total. The SMILES string of the molecule is CCc1c(C(=O)O)nnn1C(C)C(=O)NCCOC. The van der Waals surface area contributed by atoms with Crippen molar-refractivity contribution in [3.63, 3.8) is 0 Å². The quantitative estimate of drug-likeness (QED) is 0.668. The predicted octanol–water partition coefficient (Wildman–Crippen LogP) is -0.138. The third-order valence-corrected chi connectivity index (χ3v) is 2.68. The topological polar surface area (TPSA) is 106 Å². The molecule has 0 aliphatic carbocycles. The number of aromatic carboxylic acids is 1. The zero-order valence-corrected chi connectivity index (χ0v) is 11.2. The van der Waals surface area contributed by atoms with Crippen molar-refractivity contribution in [2.75, 3.05) is 20.3 Å². The lowest BCUT2D eigenvalue weighted by Gasteiger charge is -2.14. The molecule has 0 aromatic carbocycles. The molecular formula is C11H18N4O4. The minimum Gasteiger partial charge on any atom is -0.476 e. The Labute approximate surface area is 110 Å². The van der Waals surface area contributed by atoms with E-state index < -0.39 is 12.0 Å². The van der Waals surface area contributed by atoms with Crippen molar-refractivity contribution >= 4 is 11.9 Å². The van der Waals surface area contributed by atoms with Gasteiger partial charge in [-0.1, -0.05) is 12.1 Å². The van der Waals surface area contributed by atoms with Crippen LogP contribution in [0.3, 0.4) is 0 Å². The zero-order chi connectivity index (χ0) is 14.4. The van der Waals surface area contributed by atoms with Gasteiger partial charge in [0, 0.05) is 13.7 Å². The number of nitrogens with zero attached hydrogens (tertiary/aromatic N) is 3. The second-order valence-corrected chi connectivity index (χ2v) is 3.95. The minimum absolute atomic E-state index is 0.112. The third kappa shape index (κ3) is 3.50.